The molecule has 1 aromatic heterocycles. The topological polar surface area (TPSA) is 13.1 Å². The molecule has 0 aliphatic carbocycles. The number of hydrogen-bond acceptors (Lipinski definition) is 1. The molecule has 0 radical (unpaired) electrons. The first-order valence-electron chi connectivity index (χ1n) is 16.0. The minimum absolute atomic E-state index is 0.897. The molecule has 0 aliphatic rings. The first-order valence-corrected chi connectivity index (χ1v) is 17.1. The maximum atomic E-state index is 6.62. The molecule has 1 nitrogen and oxygen atoms in total. The molecule has 0 spiro atoms. The molecular weight excluding hydrogens is 587 g/mol. The van der Waals surface area contributed by atoms with Gasteiger partial charge in [-0.05, 0) is 103 Å². The smallest absolute Gasteiger partial charge is 0.143 e. The summed E-state index contributed by atoms with van der Waals surface area (Å²) in [5.74, 6) is 0. The van der Waals surface area contributed by atoms with Gasteiger partial charge in [0.05, 0.1) is 0 Å². The van der Waals surface area contributed by atoms with Crippen LogP contribution in [0.15, 0.2) is 174 Å². The number of rotatable bonds is 4. The monoisotopic (exact) mass is 620 g/mol. The zero-order valence-corrected chi connectivity index (χ0v) is 27.3. The molecule has 0 amide bonds. The summed E-state index contributed by atoms with van der Waals surface area (Å²) in [7, 11) is 2.42. The number of fused-ring (bicyclic) bond motifs is 5. The van der Waals surface area contributed by atoms with E-state index in [1.165, 1.54) is 54.9 Å². The van der Waals surface area contributed by atoms with Crippen LogP contribution in [-0.2, 0) is 0 Å². The van der Waals surface area contributed by atoms with E-state index in [2.05, 4.69) is 179 Å². The Morgan fingerprint density at radius 2 is 0.830 bits per heavy atom. The summed E-state index contributed by atoms with van der Waals surface area (Å²) in [6, 6.07) is 61.1. The molecule has 0 bridgehead atoms. The molecule has 0 aliphatic heterocycles. The third-order valence-corrected chi connectivity index (χ3v) is 9.02. The van der Waals surface area contributed by atoms with Crippen LogP contribution >= 0.6 is 9.24 Å². The van der Waals surface area contributed by atoms with Gasteiger partial charge in [0, 0.05) is 16.3 Å². The van der Waals surface area contributed by atoms with Gasteiger partial charge < -0.3 is 4.42 Å². The van der Waals surface area contributed by atoms with Crippen molar-refractivity contribution in [2.45, 2.75) is 0 Å². The zero-order valence-electron chi connectivity index (χ0n) is 26.2. The lowest BCUT2D eigenvalue weighted by atomic mass is 9.93. The molecule has 8 aromatic carbocycles. The lowest BCUT2D eigenvalue weighted by Gasteiger charge is -2.10. The van der Waals surface area contributed by atoms with Gasteiger partial charge in [0.2, 0.25) is 0 Å². The van der Waals surface area contributed by atoms with Gasteiger partial charge >= 0.3 is 0 Å². The lowest BCUT2D eigenvalue weighted by Crippen LogP contribution is -1.85. The van der Waals surface area contributed by atoms with Crippen molar-refractivity contribution < 1.29 is 4.42 Å². The second kappa shape index (κ2) is 12.4. The lowest BCUT2D eigenvalue weighted by molar-refractivity contribution is 0.670. The average Bonchev–Trinajstić information content (AvgIpc) is 3.53. The fraction of sp³-hybridized carbons (Fsp3) is 0.0222. The molecule has 224 valence electrons. The fourth-order valence-corrected chi connectivity index (χ4v) is 6.67. The third-order valence-electron chi connectivity index (χ3n) is 9.02. The van der Waals surface area contributed by atoms with Crippen LogP contribution in [-0.4, -0.2) is 6.66 Å². The molecule has 47 heavy (non-hydrogen) atoms. The van der Waals surface area contributed by atoms with Crippen LogP contribution in [0.4, 0.5) is 0 Å². The molecule has 1 atom stereocenters. The van der Waals surface area contributed by atoms with Crippen molar-refractivity contribution in [3.05, 3.63) is 170 Å². The predicted molar refractivity (Wildman–Crippen MR) is 206 cm³/mol. The molecule has 9 aromatic rings. The summed E-state index contributed by atoms with van der Waals surface area (Å²) >= 11 is 0. The Labute approximate surface area is 277 Å². The maximum Gasteiger partial charge on any atom is 0.143 e. The van der Waals surface area contributed by atoms with Crippen LogP contribution in [0.3, 0.4) is 0 Å². The first-order chi connectivity index (χ1) is 23.3. The van der Waals surface area contributed by atoms with E-state index in [0.29, 0.717) is 0 Å². The van der Waals surface area contributed by atoms with Crippen LogP contribution < -0.4 is 0 Å². The maximum absolute atomic E-state index is 6.62. The van der Waals surface area contributed by atoms with Gasteiger partial charge in [-0.1, -0.05) is 134 Å². The summed E-state index contributed by atoms with van der Waals surface area (Å²) in [5.41, 5.74) is 11.2. The highest BCUT2D eigenvalue weighted by atomic mass is 31.0. The zero-order chi connectivity index (χ0) is 31.7. The normalized spacial score (nSPS) is 11.2. The molecular formula is C45H33OP. The molecule has 1 unspecified atom stereocenters. The largest absolute Gasteiger partial charge is 0.455 e. The van der Waals surface area contributed by atoms with Gasteiger partial charge in [0.15, 0.2) is 0 Å². The highest BCUT2D eigenvalue weighted by Crippen LogP contribution is 2.41. The summed E-state index contributed by atoms with van der Waals surface area (Å²) in [5, 5.41) is 7.25. The van der Waals surface area contributed by atoms with Crippen LogP contribution in [0.25, 0.3) is 88.0 Å². The Bertz CT molecular complexity index is 2540. The van der Waals surface area contributed by atoms with Crippen molar-refractivity contribution in [1.82, 2.24) is 0 Å². The third kappa shape index (κ3) is 5.40. The number of benzene rings is 8. The molecule has 1 heterocycles. The van der Waals surface area contributed by atoms with E-state index in [1.807, 2.05) is 6.66 Å². The molecule has 0 N–H and O–H groups in total. The Morgan fingerprint density at radius 3 is 1.49 bits per heavy atom. The molecule has 0 saturated heterocycles. The predicted octanol–water partition coefficient (Wildman–Crippen LogP) is 13.1. The van der Waals surface area contributed by atoms with E-state index in [9.17, 15) is 0 Å². The molecule has 9 rings (SSSR count). The highest BCUT2D eigenvalue weighted by Gasteiger charge is 2.16. The van der Waals surface area contributed by atoms with Crippen molar-refractivity contribution in [2.75, 3.05) is 6.66 Å². The van der Waals surface area contributed by atoms with E-state index >= 15 is 0 Å². The second-order valence-corrected chi connectivity index (χ2v) is 11.8. The van der Waals surface area contributed by atoms with Crippen molar-refractivity contribution in [3.63, 3.8) is 0 Å². The van der Waals surface area contributed by atoms with E-state index in [-0.39, 0.29) is 0 Å². The molecule has 0 saturated carbocycles. The van der Waals surface area contributed by atoms with E-state index in [4.69, 9.17) is 4.42 Å². The van der Waals surface area contributed by atoms with Crippen molar-refractivity contribution in [2.24, 2.45) is 0 Å². The van der Waals surface area contributed by atoms with E-state index in [1.54, 1.807) is 0 Å². The number of hydrogen-bond donors (Lipinski definition) is 0. The second-order valence-electron chi connectivity index (χ2n) is 11.8. The van der Waals surface area contributed by atoms with E-state index < -0.39 is 0 Å². The Morgan fingerprint density at radius 1 is 0.340 bits per heavy atom. The summed E-state index contributed by atoms with van der Waals surface area (Å²) < 4.78 is 6.62. The van der Waals surface area contributed by atoms with Crippen molar-refractivity contribution in [3.8, 4) is 44.5 Å². The van der Waals surface area contributed by atoms with Crippen LogP contribution in [0.2, 0.25) is 0 Å². The molecule has 0 fully saturated rings. The standard InChI is InChI=1S/C44H28O.CH5P/c1-2-11-31(12-3-1)40-27-39(35-16-8-15-34(25-35)36-19-17-29-9-4-6-13-32(29)23-36)28-42-41-26-38(21-22-43(41)45-44(40)42)37-20-18-30-10-5-7-14-33(30)24-37;1-2/h1-28H;2H2,1H3. The SMILES string of the molecule is CP.c1ccc(-c2cc(-c3cccc(-c4ccc5ccccc5c4)c3)cc3c2oc2ccc(-c4ccc5ccccc5c4)cc23)cc1. The van der Waals surface area contributed by atoms with Crippen molar-refractivity contribution >= 4 is 52.7 Å². The van der Waals surface area contributed by atoms with Gasteiger partial charge in [-0.15, -0.1) is 9.24 Å². The Balaban J connectivity index is 0.00000159. The summed E-state index contributed by atoms with van der Waals surface area (Å²) in [6.07, 6.45) is 0. The molecule has 2 heteroatoms. The number of furan rings is 1. The Kier molecular flexibility index (Phi) is 7.62. The summed E-state index contributed by atoms with van der Waals surface area (Å²) in [4.78, 5) is 0. The van der Waals surface area contributed by atoms with Crippen LogP contribution in [0, 0.1) is 0 Å². The average molecular weight is 621 g/mol. The van der Waals surface area contributed by atoms with Gasteiger partial charge in [0.25, 0.3) is 0 Å². The fourth-order valence-electron chi connectivity index (χ4n) is 6.67. The Hall–Kier alpha value is -5.49. The quantitative estimate of drug-likeness (QED) is 0.178. The highest BCUT2D eigenvalue weighted by molar-refractivity contribution is 7.15. The first kappa shape index (κ1) is 28.9. The van der Waals surface area contributed by atoms with E-state index in [0.717, 1.165) is 33.1 Å². The van der Waals surface area contributed by atoms with Gasteiger partial charge in [-0.3, -0.25) is 0 Å². The minimum Gasteiger partial charge on any atom is -0.455 e. The van der Waals surface area contributed by atoms with Gasteiger partial charge in [-0.2, -0.15) is 0 Å². The summed E-state index contributed by atoms with van der Waals surface area (Å²) in [6.45, 7) is 1.92. The van der Waals surface area contributed by atoms with Crippen molar-refractivity contribution in [1.29, 1.82) is 0 Å². The van der Waals surface area contributed by atoms with Gasteiger partial charge in [-0.25, -0.2) is 0 Å². The minimum atomic E-state index is 0.897. The van der Waals surface area contributed by atoms with Gasteiger partial charge in [0.1, 0.15) is 11.2 Å². The van der Waals surface area contributed by atoms with Crippen LogP contribution in [0.1, 0.15) is 0 Å². The van der Waals surface area contributed by atoms with Crippen LogP contribution in [0.5, 0.6) is 0 Å².